The van der Waals surface area contributed by atoms with Crippen LogP contribution < -0.4 is 0 Å². The van der Waals surface area contributed by atoms with Gasteiger partial charge in [0.25, 0.3) is 0 Å². The van der Waals surface area contributed by atoms with Gasteiger partial charge in [-0.1, -0.05) is 12.1 Å². The normalized spacial score (nSPS) is 9.31. The Morgan fingerprint density at radius 2 is 1.62 bits per heavy atom. The zero-order valence-corrected chi connectivity index (χ0v) is 8.14. The second kappa shape index (κ2) is 6.64. The van der Waals surface area contributed by atoms with Gasteiger partial charge in [0, 0.05) is 0 Å². The number of aromatic carboxylic acids is 1. The number of carboxylic acid groups (broad SMARTS) is 1. The molecular weight excluding hydrogens is 247 g/mol. The number of thiol groups is 1. The van der Waals surface area contributed by atoms with Gasteiger partial charge in [0.1, 0.15) is 0 Å². The van der Waals surface area contributed by atoms with Crippen LogP contribution in [0, 0.1) is 0 Å². The fourth-order valence-corrected chi connectivity index (χ4v) is 1.20. The number of hydrogen-bond acceptors (Lipinski definition) is 5. The zero-order valence-electron chi connectivity index (χ0n) is 7.25. The third kappa shape index (κ3) is 3.93. The molecule has 0 aliphatic rings. The van der Waals surface area contributed by atoms with Crippen molar-refractivity contribution >= 4 is 52.5 Å². The van der Waals surface area contributed by atoms with Crippen LogP contribution in [0.3, 0.4) is 0 Å². The van der Waals surface area contributed by atoms with Crippen LogP contribution in [0.1, 0.15) is 20.7 Å². The number of carboxylic acids is 1. The van der Waals surface area contributed by atoms with Crippen LogP contribution in [0.25, 0.3) is 0 Å². The number of carbonyl (C=O) groups is 2. The monoisotopic (exact) mass is 254 g/mol. The van der Waals surface area contributed by atoms with Gasteiger partial charge in [0.15, 0.2) is 0 Å². The molecule has 6 nitrogen and oxygen atoms in total. The van der Waals surface area contributed by atoms with Crippen molar-refractivity contribution in [3.63, 3.8) is 0 Å². The Morgan fingerprint density at radius 1 is 1.12 bits per heavy atom. The molecule has 1 aromatic carbocycles. The topological polar surface area (TPSA) is 97.7 Å². The molecule has 1 N–H and O–H groups in total. The molecule has 0 fully saturated rings. The average molecular weight is 254 g/mol. The van der Waals surface area contributed by atoms with Crippen LogP contribution >= 0.6 is 0 Å². The van der Waals surface area contributed by atoms with Crippen molar-refractivity contribution in [3.05, 3.63) is 35.4 Å². The molecule has 0 aromatic heterocycles. The van der Waals surface area contributed by atoms with Crippen LogP contribution in [0.2, 0.25) is 0 Å². The molecule has 0 aliphatic heterocycles. The van der Waals surface area contributed by atoms with Crippen LogP contribution in [0.5, 0.6) is 0 Å². The third-order valence-electron chi connectivity index (χ3n) is 1.53. The van der Waals surface area contributed by atoms with Crippen molar-refractivity contribution in [1.82, 2.24) is 0 Å². The molecule has 0 aliphatic carbocycles. The van der Waals surface area contributed by atoms with Gasteiger partial charge in [0.2, 0.25) is 0 Å². The Labute approximate surface area is 115 Å². The predicted molar refractivity (Wildman–Crippen MR) is 56.3 cm³/mol. The Hall–Kier alpha value is -0.890. The number of benzene rings is 1. The quantitative estimate of drug-likeness (QED) is 0.553. The van der Waals surface area contributed by atoms with E-state index in [1.54, 1.807) is 0 Å². The molecule has 0 heterocycles. The Kier molecular flexibility index (Phi) is 6.27. The van der Waals surface area contributed by atoms with E-state index in [4.69, 9.17) is 5.11 Å². The van der Waals surface area contributed by atoms with Gasteiger partial charge in [-0.05, 0) is 12.1 Å². The van der Waals surface area contributed by atoms with E-state index in [1.165, 1.54) is 24.3 Å². The summed E-state index contributed by atoms with van der Waals surface area (Å²) < 4.78 is 24.1. The molecule has 1 rings (SSSR count). The summed E-state index contributed by atoms with van der Waals surface area (Å²) in [6.45, 7) is 0. The maximum absolute atomic E-state index is 11.1. The van der Waals surface area contributed by atoms with Crippen molar-refractivity contribution in [2.45, 2.75) is 0 Å². The van der Waals surface area contributed by atoms with Crippen molar-refractivity contribution in [2.75, 3.05) is 0 Å². The molecule has 0 amide bonds. The van der Waals surface area contributed by atoms with Crippen molar-refractivity contribution in [3.8, 4) is 0 Å². The summed E-state index contributed by atoms with van der Waals surface area (Å²) in [7, 11) is -3.34. The SMILES string of the molecule is O=C(O)c1ccccc1C(=O)O[SH](=O)=O.[NaH]. The number of rotatable bonds is 3. The van der Waals surface area contributed by atoms with Crippen LogP contribution in [-0.4, -0.2) is 55.0 Å². The van der Waals surface area contributed by atoms with E-state index in [-0.39, 0.29) is 40.7 Å². The molecule has 16 heavy (non-hydrogen) atoms. The molecule has 0 unspecified atom stereocenters. The summed E-state index contributed by atoms with van der Waals surface area (Å²) in [6, 6.07) is 5.17. The molecule has 0 atom stereocenters. The number of carbonyl (C=O) groups excluding carboxylic acids is 1. The average Bonchev–Trinajstić information content (AvgIpc) is 2.16. The molecular formula is C8H7NaO6S. The van der Waals surface area contributed by atoms with Crippen LogP contribution in [0.4, 0.5) is 0 Å². The third-order valence-corrected chi connectivity index (χ3v) is 1.85. The maximum atomic E-state index is 11.1. The van der Waals surface area contributed by atoms with E-state index in [2.05, 4.69) is 4.18 Å². The minimum absolute atomic E-state index is 0. The van der Waals surface area contributed by atoms with Gasteiger partial charge in [-0.25, -0.2) is 9.59 Å². The molecule has 1 aromatic rings. The molecule has 0 spiro atoms. The van der Waals surface area contributed by atoms with E-state index < -0.39 is 22.9 Å². The summed E-state index contributed by atoms with van der Waals surface area (Å²) in [5.41, 5.74) is -0.608. The summed E-state index contributed by atoms with van der Waals surface area (Å²) in [5, 5.41) is 8.69. The molecule has 0 radical (unpaired) electrons. The van der Waals surface area contributed by atoms with Gasteiger partial charge >= 0.3 is 52.5 Å². The molecule has 82 valence electrons. The Balaban J connectivity index is 0.00000225. The summed E-state index contributed by atoms with van der Waals surface area (Å²) in [4.78, 5) is 21.8. The van der Waals surface area contributed by atoms with Crippen LogP contribution in [0.15, 0.2) is 24.3 Å². The van der Waals surface area contributed by atoms with Crippen molar-refractivity contribution in [2.24, 2.45) is 0 Å². The first-order valence-corrected chi connectivity index (χ1v) is 4.81. The van der Waals surface area contributed by atoms with Crippen molar-refractivity contribution < 1.29 is 27.3 Å². The molecule has 0 saturated heterocycles. The van der Waals surface area contributed by atoms with E-state index >= 15 is 0 Å². The van der Waals surface area contributed by atoms with E-state index in [1.807, 2.05) is 0 Å². The fraction of sp³-hybridized carbons (Fsp3) is 0. The van der Waals surface area contributed by atoms with E-state index in [0.29, 0.717) is 0 Å². The molecule has 0 saturated carbocycles. The minimum atomic E-state index is -3.34. The van der Waals surface area contributed by atoms with Gasteiger partial charge in [0.05, 0.1) is 11.1 Å². The molecule has 0 bridgehead atoms. The standard InChI is InChI=1S/C8H6O6S.Na.H/c9-7(10)5-3-1-2-4-6(5)8(11)14-15(12)13;;/h1-4,15H,(H,9,10);;. The zero-order chi connectivity index (χ0) is 11.4. The first kappa shape index (κ1) is 15.1. The fourth-order valence-electron chi connectivity index (χ4n) is 0.964. The van der Waals surface area contributed by atoms with Gasteiger partial charge in [-0.15, -0.1) is 0 Å². The summed E-state index contributed by atoms with van der Waals surface area (Å²) >= 11 is 0. The van der Waals surface area contributed by atoms with E-state index in [0.717, 1.165) is 0 Å². The molecule has 8 heteroatoms. The van der Waals surface area contributed by atoms with Gasteiger partial charge < -0.3 is 9.29 Å². The van der Waals surface area contributed by atoms with Crippen LogP contribution in [-0.2, 0) is 15.2 Å². The first-order valence-electron chi connectivity index (χ1n) is 3.71. The summed E-state index contributed by atoms with van der Waals surface area (Å²) in [5.74, 6) is -2.53. The number of hydrogen-bond donors (Lipinski definition) is 2. The van der Waals surface area contributed by atoms with Gasteiger partial charge in [-0.3, -0.25) is 0 Å². The predicted octanol–water partition coefficient (Wildman–Crippen LogP) is -0.580. The second-order valence-corrected chi connectivity index (χ2v) is 3.08. The van der Waals surface area contributed by atoms with E-state index in [9.17, 15) is 18.0 Å². The van der Waals surface area contributed by atoms with Crippen molar-refractivity contribution in [1.29, 1.82) is 0 Å². The Morgan fingerprint density at radius 3 is 2.06 bits per heavy atom. The first-order chi connectivity index (χ1) is 7.02. The summed E-state index contributed by atoms with van der Waals surface area (Å²) in [6.07, 6.45) is 0. The Bertz CT molecular complexity index is 473. The second-order valence-electron chi connectivity index (χ2n) is 2.45. The van der Waals surface area contributed by atoms with Gasteiger partial charge in [-0.2, -0.15) is 8.42 Å².